The predicted octanol–water partition coefficient (Wildman–Crippen LogP) is 3.09. The van der Waals surface area contributed by atoms with E-state index < -0.39 is 0 Å². The average Bonchev–Trinajstić information content (AvgIpc) is 3.32. The second kappa shape index (κ2) is 6.98. The molecule has 0 atom stereocenters. The van der Waals surface area contributed by atoms with E-state index in [0.717, 1.165) is 0 Å². The highest BCUT2D eigenvalue weighted by Crippen LogP contribution is 2.28. The minimum Gasteiger partial charge on any atom is -0.296 e. The van der Waals surface area contributed by atoms with Gasteiger partial charge in [0.2, 0.25) is 0 Å². The molecular weight excluding hydrogens is 374 g/mol. The molecule has 0 aliphatic rings. The van der Waals surface area contributed by atoms with Gasteiger partial charge >= 0.3 is 0 Å². The fraction of sp³-hybridized carbons (Fsp3) is 0. The third kappa shape index (κ3) is 3.17. The maximum absolute atomic E-state index is 12.6. The Bertz CT molecular complexity index is 1060. The van der Waals surface area contributed by atoms with Crippen molar-refractivity contribution >= 4 is 34.0 Å². The molecule has 4 rings (SSSR count). The molecule has 0 bridgehead atoms. The lowest BCUT2D eigenvalue weighted by atomic mass is 10.3. The summed E-state index contributed by atoms with van der Waals surface area (Å²) in [5.41, 5.74) is 2.14. The van der Waals surface area contributed by atoms with Crippen LogP contribution in [0.2, 0.25) is 5.02 Å². The Kier molecular flexibility index (Phi) is 4.38. The zero-order valence-corrected chi connectivity index (χ0v) is 14.6. The third-order valence-corrected chi connectivity index (χ3v) is 4.48. The van der Waals surface area contributed by atoms with Gasteiger partial charge in [-0.25, -0.2) is 19.9 Å². The molecule has 8 nitrogen and oxygen atoms in total. The van der Waals surface area contributed by atoms with E-state index >= 15 is 0 Å². The highest BCUT2D eigenvalue weighted by atomic mass is 35.5. The summed E-state index contributed by atoms with van der Waals surface area (Å²) >= 11 is 7.42. The Morgan fingerprint density at radius 2 is 2.04 bits per heavy atom. The number of nitrogens with zero attached hydrogens (tertiary/aromatic N) is 6. The normalized spacial score (nSPS) is 10.7. The minimum absolute atomic E-state index is 0.340. The fourth-order valence-electron chi connectivity index (χ4n) is 2.26. The number of carbonyl (C=O) groups excluding carboxylic acids is 1. The molecule has 10 heteroatoms. The number of hydrogen-bond acceptors (Lipinski definition) is 7. The maximum atomic E-state index is 12.6. The lowest BCUT2D eigenvalue weighted by Gasteiger charge is -2.06. The molecule has 0 saturated heterocycles. The molecule has 0 aliphatic carbocycles. The maximum Gasteiger partial charge on any atom is 0.276 e. The molecular formula is C16H10ClN7OS. The summed E-state index contributed by atoms with van der Waals surface area (Å²) in [6.07, 6.45) is 9.23. The van der Waals surface area contributed by atoms with Gasteiger partial charge in [-0.2, -0.15) is 0 Å². The molecule has 4 heterocycles. The molecule has 4 aromatic heterocycles. The van der Waals surface area contributed by atoms with E-state index in [1.165, 1.54) is 30.2 Å². The first kappa shape index (κ1) is 16.3. The Balaban J connectivity index is 1.57. The monoisotopic (exact) mass is 383 g/mol. The Labute approximate surface area is 156 Å². The summed E-state index contributed by atoms with van der Waals surface area (Å²) in [6.45, 7) is 0. The van der Waals surface area contributed by atoms with Gasteiger partial charge in [0.1, 0.15) is 23.4 Å². The van der Waals surface area contributed by atoms with Crippen LogP contribution >= 0.6 is 22.9 Å². The molecule has 128 valence electrons. The third-order valence-electron chi connectivity index (χ3n) is 3.42. The van der Waals surface area contributed by atoms with Crippen LogP contribution in [0.15, 0.2) is 55.0 Å². The van der Waals surface area contributed by atoms with E-state index in [4.69, 9.17) is 11.6 Å². The number of rotatable bonds is 4. The number of anilines is 1. The van der Waals surface area contributed by atoms with Crippen LogP contribution in [0.4, 0.5) is 5.13 Å². The van der Waals surface area contributed by atoms with Crippen LogP contribution in [0.25, 0.3) is 17.1 Å². The summed E-state index contributed by atoms with van der Waals surface area (Å²) < 4.78 is 1.60. The van der Waals surface area contributed by atoms with Gasteiger partial charge in [-0.1, -0.05) is 11.6 Å². The van der Waals surface area contributed by atoms with E-state index in [2.05, 4.69) is 30.2 Å². The van der Waals surface area contributed by atoms with Crippen molar-refractivity contribution in [3.8, 4) is 17.1 Å². The van der Waals surface area contributed by atoms with Crippen LogP contribution in [-0.4, -0.2) is 35.4 Å². The van der Waals surface area contributed by atoms with Crippen molar-refractivity contribution in [2.45, 2.75) is 0 Å². The number of thiazole rings is 1. The van der Waals surface area contributed by atoms with E-state index in [1.807, 2.05) is 0 Å². The fourth-order valence-corrected chi connectivity index (χ4v) is 3.17. The van der Waals surface area contributed by atoms with Gasteiger partial charge in [-0.3, -0.25) is 19.7 Å². The predicted molar refractivity (Wildman–Crippen MR) is 97.5 cm³/mol. The number of halogens is 1. The molecule has 0 aromatic carbocycles. The van der Waals surface area contributed by atoms with E-state index in [0.29, 0.717) is 32.9 Å². The number of aromatic nitrogens is 6. The van der Waals surface area contributed by atoms with Gasteiger partial charge < -0.3 is 0 Å². The standard InChI is InChI=1S/C16H10ClN7OS/c17-11-2-1-3-21-14(11)12-7-26-16(22-12)23-15(25)13-6-20-9-24(13)10-4-18-8-19-5-10/h1-9H,(H,22,23,25). The van der Waals surface area contributed by atoms with Crippen LogP contribution in [0.5, 0.6) is 0 Å². The molecule has 0 fully saturated rings. The number of hydrogen-bond donors (Lipinski definition) is 1. The van der Waals surface area contributed by atoms with Gasteiger partial charge in [0.15, 0.2) is 5.13 Å². The number of amides is 1. The molecule has 0 aliphatic heterocycles. The molecule has 0 radical (unpaired) electrons. The summed E-state index contributed by atoms with van der Waals surface area (Å²) in [5.74, 6) is -0.348. The van der Waals surface area contributed by atoms with Crippen molar-refractivity contribution in [1.29, 1.82) is 0 Å². The zero-order valence-electron chi connectivity index (χ0n) is 13.1. The summed E-state index contributed by atoms with van der Waals surface area (Å²) in [6, 6.07) is 3.48. The molecule has 1 amide bonds. The van der Waals surface area contributed by atoms with Crippen molar-refractivity contribution in [3.05, 3.63) is 65.7 Å². The second-order valence-corrected chi connectivity index (χ2v) is 6.34. The Hall–Kier alpha value is -3.17. The van der Waals surface area contributed by atoms with Crippen molar-refractivity contribution in [1.82, 2.24) is 29.5 Å². The largest absolute Gasteiger partial charge is 0.296 e. The van der Waals surface area contributed by atoms with Gasteiger partial charge in [0.25, 0.3) is 5.91 Å². The first-order chi connectivity index (χ1) is 12.7. The van der Waals surface area contributed by atoms with Gasteiger partial charge in [-0.05, 0) is 12.1 Å². The minimum atomic E-state index is -0.348. The number of imidazole rings is 1. The highest BCUT2D eigenvalue weighted by molar-refractivity contribution is 7.14. The number of pyridine rings is 1. The lowest BCUT2D eigenvalue weighted by Crippen LogP contribution is -2.16. The Morgan fingerprint density at radius 3 is 2.85 bits per heavy atom. The first-order valence-electron chi connectivity index (χ1n) is 7.38. The van der Waals surface area contributed by atoms with Crippen LogP contribution in [-0.2, 0) is 0 Å². The van der Waals surface area contributed by atoms with Crippen molar-refractivity contribution < 1.29 is 4.79 Å². The van der Waals surface area contributed by atoms with Crippen molar-refractivity contribution in [2.24, 2.45) is 0 Å². The smallest absolute Gasteiger partial charge is 0.276 e. The molecule has 1 N–H and O–H groups in total. The molecule has 4 aromatic rings. The van der Waals surface area contributed by atoms with Crippen molar-refractivity contribution in [3.63, 3.8) is 0 Å². The number of nitrogens with one attached hydrogen (secondary N) is 1. The quantitative estimate of drug-likeness (QED) is 0.581. The molecule has 26 heavy (non-hydrogen) atoms. The average molecular weight is 384 g/mol. The topological polar surface area (TPSA) is 98.5 Å². The summed E-state index contributed by atoms with van der Waals surface area (Å²) in [5, 5.41) is 5.48. The van der Waals surface area contributed by atoms with Crippen LogP contribution in [0.3, 0.4) is 0 Å². The molecule has 0 spiro atoms. The molecule has 0 saturated carbocycles. The highest BCUT2D eigenvalue weighted by Gasteiger charge is 2.16. The van der Waals surface area contributed by atoms with E-state index in [1.54, 1.807) is 40.7 Å². The first-order valence-corrected chi connectivity index (χ1v) is 8.63. The molecule has 0 unspecified atom stereocenters. The van der Waals surface area contributed by atoms with Gasteiger partial charge in [0, 0.05) is 11.6 Å². The van der Waals surface area contributed by atoms with E-state index in [9.17, 15) is 4.79 Å². The van der Waals surface area contributed by atoms with Gasteiger partial charge in [0.05, 0.1) is 35.6 Å². The lowest BCUT2D eigenvalue weighted by molar-refractivity contribution is 0.102. The zero-order chi connectivity index (χ0) is 17.9. The van der Waals surface area contributed by atoms with Gasteiger partial charge in [-0.15, -0.1) is 11.3 Å². The Morgan fingerprint density at radius 1 is 1.19 bits per heavy atom. The van der Waals surface area contributed by atoms with E-state index in [-0.39, 0.29) is 5.91 Å². The SMILES string of the molecule is O=C(Nc1nc(-c2ncccc2Cl)cs1)c1cncn1-c1cncnc1. The van der Waals surface area contributed by atoms with Crippen LogP contribution in [0, 0.1) is 0 Å². The van der Waals surface area contributed by atoms with Crippen LogP contribution < -0.4 is 5.32 Å². The second-order valence-electron chi connectivity index (χ2n) is 5.07. The van der Waals surface area contributed by atoms with Crippen LogP contribution in [0.1, 0.15) is 10.5 Å². The number of carbonyl (C=O) groups is 1. The summed E-state index contributed by atoms with van der Waals surface area (Å²) in [4.78, 5) is 33.1. The van der Waals surface area contributed by atoms with Crippen molar-refractivity contribution in [2.75, 3.05) is 5.32 Å². The summed E-state index contributed by atoms with van der Waals surface area (Å²) in [7, 11) is 0.